The number of piperidine rings is 1. The number of carbonyl (C=O) groups excluding carboxylic acids is 2. The standard InChI is InChI=1S/C24H31N3O5S/c1-4-22(32-21-14-12-20(13-15-21)26(2)33(3,30)31)23(28)25-19-10-8-18(9-11-19)24(29)27-16-6-5-7-17-27/h8-15,22H,4-7,16-17H2,1-3H3,(H,25,28)/t22-/m0/s1. The summed E-state index contributed by atoms with van der Waals surface area (Å²) < 4.78 is 30.3. The molecule has 178 valence electrons. The molecule has 2 aromatic rings. The lowest BCUT2D eigenvalue weighted by Crippen LogP contribution is -2.35. The first-order valence-corrected chi connectivity index (χ1v) is 12.9. The Balaban J connectivity index is 1.59. The highest BCUT2D eigenvalue weighted by atomic mass is 32.2. The molecule has 1 heterocycles. The van der Waals surface area contributed by atoms with E-state index in [4.69, 9.17) is 4.74 Å². The van der Waals surface area contributed by atoms with Gasteiger partial charge >= 0.3 is 0 Å². The van der Waals surface area contributed by atoms with Crippen LogP contribution in [0.3, 0.4) is 0 Å². The van der Waals surface area contributed by atoms with Crippen LogP contribution in [0.25, 0.3) is 0 Å². The molecule has 0 aromatic heterocycles. The zero-order valence-corrected chi connectivity index (χ0v) is 20.1. The van der Waals surface area contributed by atoms with Crippen molar-refractivity contribution in [2.45, 2.75) is 38.7 Å². The molecule has 2 amide bonds. The van der Waals surface area contributed by atoms with Gasteiger partial charge in [-0.1, -0.05) is 6.92 Å². The number of hydrogen-bond acceptors (Lipinski definition) is 5. The summed E-state index contributed by atoms with van der Waals surface area (Å²) in [5, 5.41) is 2.83. The molecule has 0 bridgehead atoms. The van der Waals surface area contributed by atoms with Gasteiger partial charge in [0.15, 0.2) is 6.10 Å². The minimum absolute atomic E-state index is 0.0207. The van der Waals surface area contributed by atoms with Crippen molar-refractivity contribution in [2.75, 3.05) is 36.0 Å². The molecule has 0 unspecified atom stereocenters. The molecule has 0 radical (unpaired) electrons. The van der Waals surface area contributed by atoms with Gasteiger partial charge < -0.3 is 15.0 Å². The maximum absolute atomic E-state index is 12.7. The lowest BCUT2D eigenvalue weighted by molar-refractivity contribution is -0.122. The Hall–Kier alpha value is -3.07. The minimum Gasteiger partial charge on any atom is -0.481 e. The fraction of sp³-hybridized carbons (Fsp3) is 0.417. The number of hydrogen-bond donors (Lipinski definition) is 1. The van der Waals surface area contributed by atoms with Crippen LogP contribution in [0, 0.1) is 0 Å². The van der Waals surface area contributed by atoms with Crippen molar-refractivity contribution in [3.05, 3.63) is 54.1 Å². The third-order valence-corrected chi connectivity index (χ3v) is 6.89. The van der Waals surface area contributed by atoms with Crippen molar-refractivity contribution < 1.29 is 22.7 Å². The number of nitrogens with one attached hydrogen (secondary N) is 1. The van der Waals surface area contributed by atoms with E-state index in [0.29, 0.717) is 29.1 Å². The molecule has 2 aromatic carbocycles. The van der Waals surface area contributed by atoms with Gasteiger partial charge in [0.1, 0.15) is 5.75 Å². The lowest BCUT2D eigenvalue weighted by atomic mass is 10.1. The number of carbonyl (C=O) groups is 2. The molecule has 1 fully saturated rings. The number of benzene rings is 2. The second kappa shape index (κ2) is 10.7. The molecule has 1 N–H and O–H groups in total. The molecule has 9 heteroatoms. The highest BCUT2D eigenvalue weighted by Gasteiger charge is 2.21. The number of likely N-dealkylation sites (tertiary alicyclic amines) is 1. The largest absolute Gasteiger partial charge is 0.481 e. The topological polar surface area (TPSA) is 96.0 Å². The van der Waals surface area contributed by atoms with E-state index < -0.39 is 16.1 Å². The molecule has 8 nitrogen and oxygen atoms in total. The molecule has 1 saturated heterocycles. The van der Waals surface area contributed by atoms with E-state index in [9.17, 15) is 18.0 Å². The molecule has 0 aliphatic carbocycles. The second-order valence-corrected chi connectivity index (χ2v) is 10.2. The highest BCUT2D eigenvalue weighted by molar-refractivity contribution is 7.92. The first-order chi connectivity index (χ1) is 15.7. The van der Waals surface area contributed by atoms with Crippen LogP contribution in [0.2, 0.25) is 0 Å². The number of nitrogens with zero attached hydrogens (tertiary/aromatic N) is 2. The predicted molar refractivity (Wildman–Crippen MR) is 129 cm³/mol. The predicted octanol–water partition coefficient (Wildman–Crippen LogP) is 3.50. The van der Waals surface area contributed by atoms with E-state index in [2.05, 4.69) is 5.32 Å². The summed E-state index contributed by atoms with van der Waals surface area (Å²) >= 11 is 0. The third-order valence-electron chi connectivity index (χ3n) is 5.68. The summed E-state index contributed by atoms with van der Waals surface area (Å²) in [7, 11) is -1.88. The van der Waals surface area contributed by atoms with E-state index in [1.165, 1.54) is 11.4 Å². The Morgan fingerprint density at radius 2 is 1.64 bits per heavy atom. The normalized spacial score (nSPS) is 14.9. The van der Waals surface area contributed by atoms with Crippen molar-refractivity contribution in [3.8, 4) is 5.75 Å². The van der Waals surface area contributed by atoms with Crippen LogP contribution in [-0.2, 0) is 14.8 Å². The van der Waals surface area contributed by atoms with E-state index >= 15 is 0 Å². The van der Waals surface area contributed by atoms with Crippen LogP contribution in [0.5, 0.6) is 5.75 Å². The van der Waals surface area contributed by atoms with Gasteiger partial charge in [0.25, 0.3) is 11.8 Å². The van der Waals surface area contributed by atoms with Crippen LogP contribution >= 0.6 is 0 Å². The third kappa shape index (κ3) is 6.47. The van der Waals surface area contributed by atoms with Gasteiger partial charge in [-0.3, -0.25) is 13.9 Å². The first-order valence-electron chi connectivity index (χ1n) is 11.1. The fourth-order valence-corrected chi connectivity index (χ4v) is 4.12. The maximum Gasteiger partial charge on any atom is 0.265 e. The van der Waals surface area contributed by atoms with E-state index in [-0.39, 0.29) is 11.8 Å². The monoisotopic (exact) mass is 473 g/mol. The number of ether oxygens (including phenoxy) is 1. The smallest absolute Gasteiger partial charge is 0.265 e. The van der Waals surface area contributed by atoms with E-state index in [1.54, 1.807) is 48.5 Å². The number of sulfonamides is 1. The van der Waals surface area contributed by atoms with Crippen LogP contribution in [0.4, 0.5) is 11.4 Å². The van der Waals surface area contributed by atoms with Gasteiger partial charge in [-0.25, -0.2) is 8.42 Å². The van der Waals surface area contributed by atoms with Crippen LogP contribution < -0.4 is 14.4 Å². The van der Waals surface area contributed by atoms with Crippen LogP contribution in [-0.4, -0.2) is 57.6 Å². The Labute approximate surface area is 195 Å². The van der Waals surface area contributed by atoms with E-state index in [1.807, 2.05) is 11.8 Å². The average molecular weight is 474 g/mol. The van der Waals surface area contributed by atoms with Crippen LogP contribution in [0.1, 0.15) is 43.0 Å². The van der Waals surface area contributed by atoms with E-state index in [0.717, 1.165) is 38.6 Å². The Morgan fingerprint density at radius 1 is 1.03 bits per heavy atom. The molecule has 0 spiro atoms. The molecule has 1 aliphatic heterocycles. The summed E-state index contributed by atoms with van der Waals surface area (Å²) in [6, 6.07) is 13.4. The van der Waals surface area contributed by atoms with Gasteiger partial charge in [-0.2, -0.15) is 0 Å². The van der Waals surface area contributed by atoms with Crippen molar-refractivity contribution >= 4 is 33.2 Å². The zero-order chi connectivity index (χ0) is 24.0. The number of amides is 2. The van der Waals surface area contributed by atoms with Crippen molar-refractivity contribution in [2.24, 2.45) is 0 Å². The van der Waals surface area contributed by atoms with Crippen molar-refractivity contribution in [1.82, 2.24) is 4.90 Å². The minimum atomic E-state index is -3.35. The van der Waals surface area contributed by atoms with Gasteiger partial charge in [0.2, 0.25) is 10.0 Å². The summed E-state index contributed by atoms with van der Waals surface area (Å²) in [4.78, 5) is 27.2. The lowest BCUT2D eigenvalue weighted by Gasteiger charge is -2.26. The average Bonchev–Trinajstić information content (AvgIpc) is 2.82. The Morgan fingerprint density at radius 3 is 2.18 bits per heavy atom. The van der Waals surface area contributed by atoms with Gasteiger partial charge in [-0.05, 0) is 74.2 Å². The quantitative estimate of drug-likeness (QED) is 0.633. The molecule has 0 saturated carbocycles. The molecular weight excluding hydrogens is 442 g/mol. The molecule has 1 aliphatic rings. The summed E-state index contributed by atoms with van der Waals surface area (Å²) in [6.07, 6.45) is 4.09. The van der Waals surface area contributed by atoms with Gasteiger partial charge in [0, 0.05) is 31.4 Å². The maximum atomic E-state index is 12.7. The first kappa shape index (κ1) is 24.6. The fourth-order valence-electron chi connectivity index (χ4n) is 3.61. The highest BCUT2D eigenvalue weighted by Crippen LogP contribution is 2.22. The molecule has 3 rings (SSSR count). The van der Waals surface area contributed by atoms with Crippen molar-refractivity contribution in [1.29, 1.82) is 0 Å². The molecule has 1 atom stereocenters. The SMILES string of the molecule is CC[C@H](Oc1ccc(N(C)S(C)(=O)=O)cc1)C(=O)Nc1ccc(C(=O)N2CCCCC2)cc1. The second-order valence-electron chi connectivity index (χ2n) is 8.16. The van der Waals surface area contributed by atoms with Crippen molar-refractivity contribution in [3.63, 3.8) is 0 Å². The van der Waals surface area contributed by atoms with Gasteiger partial charge in [0.05, 0.1) is 11.9 Å². The molecule has 33 heavy (non-hydrogen) atoms. The molecular formula is C24H31N3O5S. The zero-order valence-electron chi connectivity index (χ0n) is 19.3. The summed E-state index contributed by atoms with van der Waals surface area (Å²) in [6.45, 7) is 3.42. The number of rotatable bonds is 8. The number of anilines is 2. The summed E-state index contributed by atoms with van der Waals surface area (Å²) in [5.74, 6) is 0.183. The summed E-state index contributed by atoms with van der Waals surface area (Å²) in [5.41, 5.74) is 1.70. The van der Waals surface area contributed by atoms with Crippen LogP contribution in [0.15, 0.2) is 48.5 Å². The Kier molecular flexibility index (Phi) is 7.97. The van der Waals surface area contributed by atoms with Gasteiger partial charge in [-0.15, -0.1) is 0 Å². The Bertz CT molecular complexity index is 1060.